The molecule has 5 heteroatoms. The van der Waals surface area contributed by atoms with Crippen LogP contribution in [0.4, 0.5) is 5.69 Å². The van der Waals surface area contributed by atoms with Crippen LogP contribution in [0.25, 0.3) is 10.9 Å². The number of hydrogen-bond acceptors (Lipinski definition) is 2. The molecule has 0 bridgehead atoms. The number of amides is 2. The Labute approximate surface area is 152 Å². The van der Waals surface area contributed by atoms with Crippen molar-refractivity contribution in [3.63, 3.8) is 0 Å². The molecule has 3 aromatic rings. The molecule has 0 spiro atoms. The van der Waals surface area contributed by atoms with E-state index in [0.29, 0.717) is 5.92 Å². The summed E-state index contributed by atoms with van der Waals surface area (Å²) in [6.45, 7) is 0.260. The predicted molar refractivity (Wildman–Crippen MR) is 102 cm³/mol. The van der Waals surface area contributed by atoms with Gasteiger partial charge in [0, 0.05) is 24.8 Å². The molecule has 1 aliphatic rings. The van der Waals surface area contributed by atoms with E-state index in [4.69, 9.17) is 0 Å². The summed E-state index contributed by atoms with van der Waals surface area (Å²) < 4.78 is 1.88. The number of nitrogens with zero attached hydrogens (tertiary/aromatic N) is 1. The Balaban J connectivity index is 1.48. The maximum absolute atomic E-state index is 12.6. The first-order valence-electron chi connectivity index (χ1n) is 8.81. The van der Waals surface area contributed by atoms with Crippen LogP contribution in [0.2, 0.25) is 0 Å². The highest BCUT2D eigenvalue weighted by Crippen LogP contribution is 2.47. The normalized spacial score (nSPS) is 18.5. The lowest BCUT2D eigenvalue weighted by atomic mass is 10.1. The molecule has 1 heterocycles. The highest BCUT2D eigenvalue weighted by Gasteiger charge is 2.43. The van der Waals surface area contributed by atoms with Crippen molar-refractivity contribution in [2.24, 2.45) is 5.92 Å². The van der Waals surface area contributed by atoms with Gasteiger partial charge in [-0.25, -0.2) is 0 Å². The molecule has 1 saturated carbocycles. The lowest BCUT2D eigenvalue weighted by Gasteiger charge is -2.08. The van der Waals surface area contributed by atoms with E-state index in [1.165, 1.54) is 5.56 Å². The van der Waals surface area contributed by atoms with Crippen LogP contribution in [-0.2, 0) is 16.1 Å². The molecule has 4 rings (SSSR count). The average molecular weight is 347 g/mol. The van der Waals surface area contributed by atoms with Gasteiger partial charge in [-0.2, -0.15) is 0 Å². The van der Waals surface area contributed by atoms with Crippen molar-refractivity contribution >= 4 is 28.4 Å². The van der Waals surface area contributed by atoms with Gasteiger partial charge in [0.2, 0.25) is 11.8 Å². The Hall–Kier alpha value is -3.08. The van der Waals surface area contributed by atoms with E-state index in [1.807, 2.05) is 53.2 Å². The van der Waals surface area contributed by atoms with Gasteiger partial charge in [-0.1, -0.05) is 36.4 Å². The second-order valence-corrected chi connectivity index (χ2v) is 6.74. The summed E-state index contributed by atoms with van der Waals surface area (Å²) in [6.07, 6.45) is 2.78. The standard InChI is InChI=1S/C21H21N3O2/c1-22-20(25)13-24-10-9-15-7-8-16(11-19(15)24)23-21(26)18-12-17(18)14-5-3-2-4-6-14/h2-11,17-18H,12-13H2,1H3,(H,22,25)(H,23,26)/t17-,18+/m1/s1. The quantitative estimate of drug-likeness (QED) is 0.745. The van der Waals surface area contributed by atoms with Gasteiger partial charge in [0.25, 0.3) is 0 Å². The molecule has 2 amide bonds. The largest absolute Gasteiger partial charge is 0.358 e. The minimum absolute atomic E-state index is 0.0331. The molecule has 0 radical (unpaired) electrons. The Bertz CT molecular complexity index is 962. The summed E-state index contributed by atoms with van der Waals surface area (Å²) in [5.41, 5.74) is 2.92. The van der Waals surface area contributed by atoms with Gasteiger partial charge in [0.1, 0.15) is 6.54 Å². The van der Waals surface area contributed by atoms with E-state index in [1.54, 1.807) is 7.05 Å². The van der Waals surface area contributed by atoms with Gasteiger partial charge in [0.15, 0.2) is 0 Å². The fraction of sp³-hybridized carbons (Fsp3) is 0.238. The predicted octanol–water partition coefficient (Wildman–Crippen LogP) is 3.13. The Morgan fingerprint density at radius 3 is 2.69 bits per heavy atom. The number of aromatic nitrogens is 1. The maximum atomic E-state index is 12.6. The van der Waals surface area contributed by atoms with E-state index in [0.717, 1.165) is 23.0 Å². The van der Waals surface area contributed by atoms with Gasteiger partial charge in [-0.3, -0.25) is 9.59 Å². The summed E-state index contributed by atoms with van der Waals surface area (Å²) in [4.78, 5) is 24.2. The molecule has 26 heavy (non-hydrogen) atoms. The SMILES string of the molecule is CNC(=O)Cn1ccc2ccc(NC(=O)[C@H]3C[C@@H]3c3ccccc3)cc21. The number of nitrogens with one attached hydrogen (secondary N) is 2. The fourth-order valence-corrected chi connectivity index (χ4v) is 3.42. The molecule has 5 nitrogen and oxygen atoms in total. The van der Waals surface area contributed by atoms with Gasteiger partial charge in [-0.05, 0) is 41.5 Å². The van der Waals surface area contributed by atoms with E-state index < -0.39 is 0 Å². The number of fused-ring (bicyclic) bond motifs is 1. The van der Waals surface area contributed by atoms with Crippen LogP contribution in [0, 0.1) is 5.92 Å². The highest BCUT2D eigenvalue weighted by molar-refractivity contribution is 5.97. The number of carbonyl (C=O) groups is 2. The van der Waals surface area contributed by atoms with E-state index in [-0.39, 0.29) is 24.3 Å². The van der Waals surface area contributed by atoms with Gasteiger partial charge >= 0.3 is 0 Å². The van der Waals surface area contributed by atoms with Crippen LogP contribution in [0.5, 0.6) is 0 Å². The van der Waals surface area contributed by atoms with E-state index in [2.05, 4.69) is 22.8 Å². The zero-order chi connectivity index (χ0) is 18.1. The first-order chi connectivity index (χ1) is 12.7. The molecule has 1 aliphatic carbocycles. The second-order valence-electron chi connectivity index (χ2n) is 6.74. The topological polar surface area (TPSA) is 63.1 Å². The first kappa shape index (κ1) is 16.4. The summed E-state index contributed by atoms with van der Waals surface area (Å²) in [5.74, 6) is 0.353. The molecule has 0 unspecified atom stereocenters. The summed E-state index contributed by atoms with van der Waals surface area (Å²) in [5, 5.41) is 6.70. The summed E-state index contributed by atoms with van der Waals surface area (Å²) >= 11 is 0. The zero-order valence-electron chi connectivity index (χ0n) is 14.6. The van der Waals surface area contributed by atoms with Crippen LogP contribution in [-0.4, -0.2) is 23.4 Å². The molecular weight excluding hydrogens is 326 g/mol. The first-order valence-corrected chi connectivity index (χ1v) is 8.81. The van der Waals surface area contributed by atoms with Crippen LogP contribution >= 0.6 is 0 Å². The van der Waals surface area contributed by atoms with Crippen molar-refractivity contribution < 1.29 is 9.59 Å². The lowest BCUT2D eigenvalue weighted by molar-refractivity contribution is -0.121. The Kier molecular flexibility index (Phi) is 4.21. The Morgan fingerprint density at radius 1 is 1.12 bits per heavy atom. The van der Waals surface area contributed by atoms with Crippen LogP contribution < -0.4 is 10.6 Å². The third-order valence-electron chi connectivity index (χ3n) is 4.99. The number of hydrogen-bond donors (Lipinski definition) is 2. The molecule has 2 N–H and O–H groups in total. The number of carbonyl (C=O) groups excluding carboxylic acids is 2. The van der Waals surface area contributed by atoms with Crippen molar-refractivity contribution in [3.8, 4) is 0 Å². The Morgan fingerprint density at radius 2 is 1.92 bits per heavy atom. The molecule has 1 aromatic heterocycles. The third-order valence-corrected chi connectivity index (χ3v) is 4.99. The van der Waals surface area contributed by atoms with Gasteiger partial charge < -0.3 is 15.2 Å². The average Bonchev–Trinajstić information content (AvgIpc) is 3.39. The number of anilines is 1. The molecule has 2 aromatic carbocycles. The molecule has 2 atom stereocenters. The van der Waals surface area contributed by atoms with E-state index in [9.17, 15) is 9.59 Å². The molecule has 0 saturated heterocycles. The second kappa shape index (κ2) is 6.67. The number of rotatable bonds is 5. The fourth-order valence-electron chi connectivity index (χ4n) is 3.42. The van der Waals surface area contributed by atoms with Crippen LogP contribution in [0.15, 0.2) is 60.8 Å². The van der Waals surface area contributed by atoms with Crippen LogP contribution in [0.3, 0.4) is 0 Å². The molecule has 132 valence electrons. The monoisotopic (exact) mass is 347 g/mol. The van der Waals surface area contributed by atoms with E-state index >= 15 is 0 Å². The maximum Gasteiger partial charge on any atom is 0.239 e. The van der Waals surface area contributed by atoms with Crippen molar-refractivity contribution in [1.82, 2.24) is 9.88 Å². The number of benzene rings is 2. The van der Waals surface area contributed by atoms with Crippen molar-refractivity contribution in [3.05, 3.63) is 66.4 Å². The van der Waals surface area contributed by atoms with Crippen molar-refractivity contribution in [2.45, 2.75) is 18.9 Å². The van der Waals surface area contributed by atoms with Crippen molar-refractivity contribution in [1.29, 1.82) is 0 Å². The minimum Gasteiger partial charge on any atom is -0.358 e. The summed E-state index contributed by atoms with van der Waals surface area (Å²) in [7, 11) is 1.62. The van der Waals surface area contributed by atoms with Gasteiger partial charge in [0.05, 0.1) is 5.52 Å². The minimum atomic E-state index is -0.0550. The lowest BCUT2D eigenvalue weighted by Crippen LogP contribution is -2.23. The molecular formula is C21H21N3O2. The van der Waals surface area contributed by atoms with Crippen LogP contribution in [0.1, 0.15) is 17.9 Å². The number of likely N-dealkylation sites (N-methyl/N-ethyl adjacent to an activating group) is 1. The summed E-state index contributed by atoms with van der Waals surface area (Å²) in [6, 6.07) is 17.9. The third kappa shape index (κ3) is 3.20. The molecule has 0 aliphatic heterocycles. The zero-order valence-corrected chi connectivity index (χ0v) is 14.6. The molecule has 1 fully saturated rings. The van der Waals surface area contributed by atoms with Crippen molar-refractivity contribution in [2.75, 3.05) is 12.4 Å². The highest BCUT2D eigenvalue weighted by atomic mass is 16.2. The van der Waals surface area contributed by atoms with Gasteiger partial charge in [-0.15, -0.1) is 0 Å². The smallest absolute Gasteiger partial charge is 0.239 e.